The number of aromatic amines is 1. The highest BCUT2D eigenvalue weighted by Crippen LogP contribution is 2.13. The van der Waals surface area contributed by atoms with E-state index in [1.807, 2.05) is 84.9 Å². The van der Waals surface area contributed by atoms with Crippen LogP contribution in [0.25, 0.3) is 11.0 Å². The Kier molecular flexibility index (Phi) is 6.77. The van der Waals surface area contributed by atoms with E-state index in [-0.39, 0.29) is 19.6 Å². The van der Waals surface area contributed by atoms with Crippen LogP contribution < -0.4 is 5.32 Å². The van der Waals surface area contributed by atoms with Crippen molar-refractivity contribution in [3.63, 3.8) is 0 Å². The molecule has 0 aliphatic carbocycles. The average Bonchev–Trinajstić information content (AvgIpc) is 3.24. The molecule has 0 bridgehead atoms. The molecule has 4 rings (SSSR count). The van der Waals surface area contributed by atoms with Gasteiger partial charge in [-0.3, -0.25) is 0 Å². The van der Waals surface area contributed by atoms with E-state index in [1.165, 1.54) is 0 Å². The summed E-state index contributed by atoms with van der Waals surface area (Å²) in [5.74, 6) is 0.00203. The Morgan fingerprint density at radius 3 is 2.06 bits per heavy atom. The van der Waals surface area contributed by atoms with Crippen LogP contribution >= 0.6 is 0 Å². The highest BCUT2D eigenvalue weighted by Gasteiger charge is 2.25. The highest BCUT2D eigenvalue weighted by molar-refractivity contribution is 5.82. The van der Waals surface area contributed by atoms with Crippen molar-refractivity contribution in [1.82, 2.24) is 15.3 Å². The summed E-state index contributed by atoms with van der Waals surface area (Å²) in [7, 11) is 0. The zero-order valence-corrected chi connectivity index (χ0v) is 17.4. The van der Waals surface area contributed by atoms with Crippen molar-refractivity contribution in [2.24, 2.45) is 0 Å². The van der Waals surface area contributed by atoms with Crippen molar-refractivity contribution >= 4 is 23.1 Å². The number of imidazole rings is 1. The van der Waals surface area contributed by atoms with E-state index in [1.54, 1.807) is 0 Å². The molecule has 0 aliphatic heterocycles. The molecule has 0 aliphatic rings. The minimum atomic E-state index is -0.956. The first kappa shape index (κ1) is 21.1. The molecular weight excluding hydrogens is 406 g/mol. The molecular formula is C25H23N3O4. The second-order valence-electron chi connectivity index (χ2n) is 7.26. The summed E-state index contributed by atoms with van der Waals surface area (Å²) < 4.78 is 10.7. The number of carbonyl (C=O) groups is 2. The lowest BCUT2D eigenvalue weighted by Gasteiger charge is -2.17. The summed E-state index contributed by atoms with van der Waals surface area (Å²) in [6, 6.07) is 25.3. The smallest absolute Gasteiger partial charge is 0.408 e. The van der Waals surface area contributed by atoms with Crippen molar-refractivity contribution in [1.29, 1.82) is 0 Å². The van der Waals surface area contributed by atoms with Gasteiger partial charge in [0.15, 0.2) is 0 Å². The van der Waals surface area contributed by atoms with Crippen LogP contribution in [0.4, 0.5) is 4.79 Å². The Balaban J connectivity index is 1.43. The third kappa shape index (κ3) is 5.72. The number of para-hydroxylation sites is 2. The third-order valence-electron chi connectivity index (χ3n) is 4.85. The molecule has 4 aromatic rings. The summed E-state index contributed by atoms with van der Waals surface area (Å²) >= 11 is 0. The van der Waals surface area contributed by atoms with Gasteiger partial charge in [-0.1, -0.05) is 72.8 Å². The number of carbonyl (C=O) groups excluding carboxylic acids is 2. The maximum atomic E-state index is 12.8. The predicted octanol–water partition coefficient (Wildman–Crippen LogP) is 4.14. The molecule has 0 radical (unpaired) electrons. The van der Waals surface area contributed by atoms with E-state index >= 15 is 0 Å². The van der Waals surface area contributed by atoms with Crippen molar-refractivity contribution < 1.29 is 19.1 Å². The quantitative estimate of drug-likeness (QED) is 0.411. The van der Waals surface area contributed by atoms with Crippen LogP contribution in [0.1, 0.15) is 17.0 Å². The Morgan fingerprint density at radius 1 is 0.812 bits per heavy atom. The third-order valence-corrected chi connectivity index (χ3v) is 4.85. The van der Waals surface area contributed by atoms with Crippen molar-refractivity contribution in [2.45, 2.75) is 25.7 Å². The van der Waals surface area contributed by atoms with Gasteiger partial charge < -0.3 is 19.8 Å². The minimum Gasteiger partial charge on any atom is -0.459 e. The van der Waals surface area contributed by atoms with Gasteiger partial charge >= 0.3 is 12.1 Å². The molecule has 0 spiro atoms. The number of benzene rings is 3. The summed E-state index contributed by atoms with van der Waals surface area (Å²) in [4.78, 5) is 32.9. The van der Waals surface area contributed by atoms with E-state index in [0.717, 1.165) is 22.2 Å². The van der Waals surface area contributed by atoms with Gasteiger partial charge in [-0.15, -0.1) is 0 Å². The Bertz CT molecular complexity index is 1140. The molecule has 7 nitrogen and oxygen atoms in total. The SMILES string of the molecule is O=C(N[C@H](Cc1nc2ccccc2[nH]1)C(=O)OCc1ccccc1)OCc1ccccc1. The number of hydrogen-bond donors (Lipinski definition) is 2. The molecule has 7 heteroatoms. The molecule has 1 atom stereocenters. The lowest BCUT2D eigenvalue weighted by molar-refractivity contribution is -0.147. The summed E-state index contributed by atoms with van der Waals surface area (Å²) in [5.41, 5.74) is 3.34. The van der Waals surface area contributed by atoms with E-state index < -0.39 is 18.1 Å². The van der Waals surface area contributed by atoms with Gasteiger partial charge in [0.05, 0.1) is 11.0 Å². The fraction of sp³-hybridized carbons (Fsp3) is 0.160. The number of H-pyrrole nitrogens is 1. The van der Waals surface area contributed by atoms with Crippen LogP contribution in [0.15, 0.2) is 84.9 Å². The maximum absolute atomic E-state index is 12.8. The molecule has 0 saturated heterocycles. The van der Waals surface area contributed by atoms with Gasteiger partial charge in [0.1, 0.15) is 25.1 Å². The van der Waals surface area contributed by atoms with E-state index in [0.29, 0.717) is 5.82 Å². The van der Waals surface area contributed by atoms with Gasteiger partial charge in [-0.2, -0.15) is 0 Å². The topological polar surface area (TPSA) is 93.3 Å². The highest BCUT2D eigenvalue weighted by atomic mass is 16.6. The Labute approximate surface area is 185 Å². The Hall–Kier alpha value is -4.13. The standard InChI is InChI=1S/C25H23N3O4/c29-24(31-16-18-9-3-1-4-10-18)22(15-23-26-20-13-7-8-14-21(20)27-23)28-25(30)32-17-19-11-5-2-6-12-19/h1-14,22H,15-17H2,(H,26,27)(H,28,30)/t22-/m1/s1. The normalized spacial score (nSPS) is 11.6. The first-order valence-electron chi connectivity index (χ1n) is 10.3. The largest absolute Gasteiger partial charge is 0.459 e. The second-order valence-corrected chi connectivity index (χ2v) is 7.26. The number of nitrogens with one attached hydrogen (secondary N) is 2. The molecule has 162 valence electrons. The van der Waals surface area contributed by atoms with Gasteiger partial charge in [0.2, 0.25) is 0 Å². The van der Waals surface area contributed by atoms with Crippen LogP contribution in [0.3, 0.4) is 0 Å². The maximum Gasteiger partial charge on any atom is 0.408 e. The van der Waals surface area contributed by atoms with Crippen LogP contribution in [0, 0.1) is 0 Å². The fourth-order valence-corrected chi connectivity index (χ4v) is 3.23. The van der Waals surface area contributed by atoms with Crippen molar-refractivity contribution in [3.8, 4) is 0 Å². The predicted molar refractivity (Wildman–Crippen MR) is 120 cm³/mol. The van der Waals surface area contributed by atoms with Gasteiger partial charge in [-0.05, 0) is 23.3 Å². The number of alkyl carbamates (subject to hydrolysis) is 1. The van der Waals surface area contributed by atoms with Crippen LogP contribution in [-0.2, 0) is 33.9 Å². The zero-order chi connectivity index (χ0) is 22.2. The number of nitrogens with zero attached hydrogens (tertiary/aromatic N) is 1. The number of rotatable bonds is 8. The zero-order valence-electron chi connectivity index (χ0n) is 17.4. The van der Waals surface area contributed by atoms with Crippen molar-refractivity contribution in [2.75, 3.05) is 0 Å². The number of ether oxygens (including phenoxy) is 2. The lowest BCUT2D eigenvalue weighted by Crippen LogP contribution is -2.43. The first-order chi connectivity index (χ1) is 15.7. The molecule has 0 saturated carbocycles. The summed E-state index contributed by atoms with van der Waals surface area (Å²) in [6.45, 7) is 0.208. The van der Waals surface area contributed by atoms with Crippen molar-refractivity contribution in [3.05, 3.63) is 102 Å². The van der Waals surface area contributed by atoms with Gasteiger partial charge in [-0.25, -0.2) is 14.6 Å². The molecule has 2 N–H and O–H groups in total. The van der Waals surface area contributed by atoms with Gasteiger partial charge in [0.25, 0.3) is 0 Å². The summed E-state index contributed by atoms with van der Waals surface area (Å²) in [6.07, 6.45) is -0.561. The van der Waals surface area contributed by atoms with Crippen LogP contribution in [0.5, 0.6) is 0 Å². The monoisotopic (exact) mass is 429 g/mol. The van der Waals surface area contributed by atoms with E-state index in [2.05, 4.69) is 15.3 Å². The molecule has 1 amide bonds. The summed E-state index contributed by atoms with van der Waals surface area (Å²) in [5, 5.41) is 2.62. The second kappa shape index (κ2) is 10.3. The minimum absolute atomic E-state index is 0.100. The number of esters is 1. The Morgan fingerprint density at radius 2 is 1.41 bits per heavy atom. The molecule has 3 aromatic carbocycles. The van der Waals surface area contributed by atoms with Crippen LogP contribution in [0.2, 0.25) is 0 Å². The lowest BCUT2D eigenvalue weighted by atomic mass is 10.2. The van der Waals surface area contributed by atoms with Crippen LogP contribution in [-0.4, -0.2) is 28.1 Å². The molecule has 0 unspecified atom stereocenters. The molecule has 1 aromatic heterocycles. The fourth-order valence-electron chi connectivity index (χ4n) is 3.23. The first-order valence-corrected chi connectivity index (χ1v) is 10.3. The molecule has 1 heterocycles. The number of hydrogen-bond acceptors (Lipinski definition) is 5. The van der Waals surface area contributed by atoms with E-state index in [9.17, 15) is 9.59 Å². The van der Waals surface area contributed by atoms with Gasteiger partial charge in [0, 0.05) is 6.42 Å². The molecule has 32 heavy (non-hydrogen) atoms. The van der Waals surface area contributed by atoms with E-state index in [4.69, 9.17) is 9.47 Å². The number of fused-ring (bicyclic) bond motifs is 1. The molecule has 0 fully saturated rings. The number of aromatic nitrogens is 2. The number of amides is 1. The average molecular weight is 429 g/mol.